The zero-order valence-electron chi connectivity index (χ0n) is 26.9. The van der Waals surface area contributed by atoms with E-state index in [1.54, 1.807) is 0 Å². The van der Waals surface area contributed by atoms with Crippen LogP contribution in [-0.4, -0.2) is 56.4 Å². The maximum absolute atomic E-state index is 13.2. The van der Waals surface area contributed by atoms with Gasteiger partial charge in [-0.25, -0.2) is 0 Å². The number of rotatable bonds is 14. The van der Waals surface area contributed by atoms with Gasteiger partial charge in [-0.05, 0) is 82.6 Å². The van der Waals surface area contributed by atoms with Crippen molar-refractivity contribution < 1.29 is 33.3 Å². The summed E-state index contributed by atoms with van der Waals surface area (Å²) < 4.78 is 29.8. The molecule has 9 atom stereocenters. The van der Waals surface area contributed by atoms with Gasteiger partial charge in [0.25, 0.3) is 0 Å². The van der Waals surface area contributed by atoms with Gasteiger partial charge in [0.1, 0.15) is 6.10 Å². The number of carbonyl (C=O) groups excluding carboxylic acids is 2. The average molecular weight is 577 g/mol. The molecule has 0 aromatic carbocycles. The van der Waals surface area contributed by atoms with Crippen molar-refractivity contribution in [2.45, 2.75) is 125 Å². The number of fused-ring (bicyclic) bond motifs is 1. The van der Waals surface area contributed by atoms with Gasteiger partial charge in [-0.15, -0.1) is 0 Å². The van der Waals surface area contributed by atoms with Gasteiger partial charge in [-0.1, -0.05) is 45.9 Å². The Morgan fingerprint density at radius 3 is 2.49 bits per heavy atom. The Kier molecular flexibility index (Phi) is 12.9. The molecule has 3 aliphatic rings. The molecular weight excluding hydrogens is 520 g/mol. The van der Waals surface area contributed by atoms with Crippen molar-refractivity contribution in [1.82, 2.24) is 0 Å². The van der Waals surface area contributed by atoms with Crippen molar-refractivity contribution in [3.8, 4) is 0 Å². The first-order valence-corrected chi connectivity index (χ1v) is 16.1. The lowest BCUT2D eigenvalue weighted by Crippen LogP contribution is -2.46. The van der Waals surface area contributed by atoms with E-state index in [9.17, 15) is 9.59 Å². The zero-order chi connectivity index (χ0) is 30.2. The minimum absolute atomic E-state index is 0.0247. The fourth-order valence-corrected chi connectivity index (χ4v) is 6.78. The highest BCUT2D eigenvalue weighted by Crippen LogP contribution is 2.48. The molecule has 0 N–H and O–H groups in total. The van der Waals surface area contributed by atoms with E-state index >= 15 is 0 Å². The summed E-state index contributed by atoms with van der Waals surface area (Å²) in [6, 6.07) is 0. The maximum Gasteiger partial charge on any atom is 0.311 e. The normalized spacial score (nSPS) is 32.5. The highest BCUT2D eigenvalue weighted by atomic mass is 16.7. The van der Waals surface area contributed by atoms with Gasteiger partial charge in [0.2, 0.25) is 0 Å². The largest absolute Gasteiger partial charge is 0.466 e. The van der Waals surface area contributed by atoms with E-state index in [0.29, 0.717) is 49.9 Å². The Labute approximate surface area is 248 Å². The highest BCUT2D eigenvalue weighted by molar-refractivity contribution is 5.76. The summed E-state index contributed by atoms with van der Waals surface area (Å²) in [6.45, 7) is 18.3. The second-order valence-electron chi connectivity index (χ2n) is 13.1. The van der Waals surface area contributed by atoms with Gasteiger partial charge in [-0.3, -0.25) is 9.59 Å². The second kappa shape index (κ2) is 15.7. The summed E-state index contributed by atoms with van der Waals surface area (Å²) in [4.78, 5) is 25.5. The Morgan fingerprint density at radius 1 is 1.07 bits per heavy atom. The lowest BCUT2D eigenvalue weighted by molar-refractivity contribution is -0.250. The van der Waals surface area contributed by atoms with E-state index in [1.165, 1.54) is 5.57 Å². The van der Waals surface area contributed by atoms with E-state index < -0.39 is 5.41 Å². The molecule has 1 saturated heterocycles. The minimum atomic E-state index is -0.497. The fourth-order valence-electron chi connectivity index (χ4n) is 6.78. The third kappa shape index (κ3) is 9.39. The Balaban J connectivity index is 1.77. The molecule has 2 aliphatic carbocycles. The summed E-state index contributed by atoms with van der Waals surface area (Å²) in [5.41, 5.74) is 0.802. The van der Waals surface area contributed by atoms with Crippen LogP contribution in [0.4, 0.5) is 0 Å². The molecule has 0 radical (unpaired) electrons. The summed E-state index contributed by atoms with van der Waals surface area (Å²) in [5.74, 6) is 1.17. The van der Waals surface area contributed by atoms with Crippen LogP contribution in [0.5, 0.6) is 0 Å². The van der Waals surface area contributed by atoms with Gasteiger partial charge < -0.3 is 23.7 Å². The van der Waals surface area contributed by atoms with Crippen molar-refractivity contribution in [2.24, 2.45) is 35.0 Å². The van der Waals surface area contributed by atoms with Crippen LogP contribution in [0, 0.1) is 35.0 Å². The number of ether oxygens (including phenoxy) is 5. The van der Waals surface area contributed by atoms with Gasteiger partial charge in [-0.2, -0.15) is 0 Å². The first-order valence-electron chi connectivity index (χ1n) is 16.1. The smallest absolute Gasteiger partial charge is 0.311 e. The molecule has 0 aromatic heterocycles. The topological polar surface area (TPSA) is 80.3 Å². The first-order chi connectivity index (χ1) is 19.5. The monoisotopic (exact) mass is 576 g/mol. The third-order valence-corrected chi connectivity index (χ3v) is 9.31. The van der Waals surface area contributed by atoms with E-state index in [-0.39, 0.29) is 48.9 Å². The summed E-state index contributed by atoms with van der Waals surface area (Å²) in [7, 11) is 0. The number of esters is 2. The molecule has 7 nitrogen and oxygen atoms in total. The summed E-state index contributed by atoms with van der Waals surface area (Å²) in [5, 5.41) is 0. The standard InChI is InChI=1S/C34H56O7/c1-9-34(7,8)33(36)41-28-18-22(4)17-25-15-14-23(5)31(32(25)28)24(6)19-26-20-27(21-29(35)38-11-3)40-30(39-26)13-12-16-37-10-2/h14-15,17,22-24,26-28,30-32H,9-13,16,18-21H2,1-8H3/t22-,23-,24-,26+,27+,28-,30?,31+,32+/m0/s1. The van der Waals surface area contributed by atoms with Gasteiger partial charge >= 0.3 is 11.9 Å². The quantitative estimate of drug-likeness (QED) is 0.162. The molecule has 0 aromatic rings. The molecule has 1 unspecified atom stereocenters. The van der Waals surface area contributed by atoms with E-state index in [0.717, 1.165) is 32.1 Å². The van der Waals surface area contributed by atoms with Crippen LogP contribution in [0.25, 0.3) is 0 Å². The van der Waals surface area contributed by atoms with Crippen LogP contribution >= 0.6 is 0 Å². The van der Waals surface area contributed by atoms with Gasteiger partial charge in [0.05, 0.1) is 30.7 Å². The van der Waals surface area contributed by atoms with Crippen molar-refractivity contribution in [2.75, 3.05) is 19.8 Å². The van der Waals surface area contributed by atoms with Gasteiger partial charge in [0, 0.05) is 32.0 Å². The highest BCUT2D eigenvalue weighted by Gasteiger charge is 2.45. The molecule has 234 valence electrons. The van der Waals surface area contributed by atoms with Crippen molar-refractivity contribution in [3.05, 3.63) is 23.8 Å². The molecule has 7 heteroatoms. The number of hydrogen-bond donors (Lipinski definition) is 0. The number of allylic oxidation sites excluding steroid dienone is 3. The van der Waals surface area contributed by atoms with Crippen LogP contribution in [0.2, 0.25) is 0 Å². The van der Waals surface area contributed by atoms with E-state index in [2.05, 4.69) is 39.0 Å². The lowest BCUT2D eigenvalue weighted by atomic mass is 9.62. The molecule has 3 rings (SSSR count). The van der Waals surface area contributed by atoms with Crippen LogP contribution in [0.1, 0.15) is 100 Å². The molecule has 0 amide bonds. The Hall–Kier alpha value is -1.70. The van der Waals surface area contributed by atoms with E-state index in [1.807, 2.05) is 34.6 Å². The predicted molar refractivity (Wildman–Crippen MR) is 160 cm³/mol. The Morgan fingerprint density at radius 2 is 1.80 bits per heavy atom. The fraction of sp³-hybridized carbons (Fsp3) is 0.824. The van der Waals surface area contributed by atoms with Crippen LogP contribution in [0.3, 0.4) is 0 Å². The molecule has 0 spiro atoms. The maximum atomic E-state index is 13.2. The number of hydrogen-bond acceptors (Lipinski definition) is 7. The molecule has 41 heavy (non-hydrogen) atoms. The van der Waals surface area contributed by atoms with Crippen LogP contribution < -0.4 is 0 Å². The SMILES string of the molecule is CCOCCCC1O[C@@H](CC(=O)OCC)C[C@@H](C[C@H](C)[C@@H]2[C@@H]3C(=C[C@H](C)C[C@@H]3OC(=O)C(C)(C)CC)C=C[C@@H]2C)O1. The van der Waals surface area contributed by atoms with Crippen LogP contribution in [0.15, 0.2) is 23.8 Å². The van der Waals surface area contributed by atoms with Crippen molar-refractivity contribution in [1.29, 1.82) is 0 Å². The first kappa shape index (κ1) is 33.8. The molecule has 1 fully saturated rings. The second-order valence-corrected chi connectivity index (χ2v) is 13.1. The third-order valence-electron chi connectivity index (χ3n) is 9.31. The summed E-state index contributed by atoms with van der Waals surface area (Å²) >= 11 is 0. The number of carbonyl (C=O) groups is 2. The Bertz CT molecular complexity index is 909. The van der Waals surface area contributed by atoms with Gasteiger partial charge in [0.15, 0.2) is 6.29 Å². The minimum Gasteiger partial charge on any atom is -0.466 e. The van der Waals surface area contributed by atoms with E-state index in [4.69, 9.17) is 23.7 Å². The molecule has 1 heterocycles. The van der Waals surface area contributed by atoms with Crippen molar-refractivity contribution >= 4 is 11.9 Å². The van der Waals surface area contributed by atoms with Crippen molar-refractivity contribution in [3.63, 3.8) is 0 Å². The lowest BCUT2D eigenvalue weighted by Gasteiger charge is -2.47. The molecule has 0 saturated carbocycles. The molecule has 0 bridgehead atoms. The van der Waals surface area contributed by atoms with Crippen LogP contribution in [-0.2, 0) is 33.3 Å². The summed E-state index contributed by atoms with van der Waals surface area (Å²) in [6.07, 6.45) is 11.1. The average Bonchev–Trinajstić information content (AvgIpc) is 2.91. The molecule has 1 aliphatic heterocycles. The predicted octanol–water partition coefficient (Wildman–Crippen LogP) is 7.04. The molecular formula is C34H56O7. The zero-order valence-corrected chi connectivity index (χ0v) is 26.9.